The van der Waals surface area contributed by atoms with Gasteiger partial charge in [0.15, 0.2) is 0 Å². The maximum Gasteiger partial charge on any atom is 0.531 e. The van der Waals surface area contributed by atoms with Crippen LogP contribution in [0.15, 0.2) is 48.5 Å². The first-order valence-corrected chi connectivity index (χ1v) is 20.1. The molecule has 0 saturated carbocycles. The molecule has 12 nitrogen and oxygen atoms in total. The van der Waals surface area contributed by atoms with E-state index in [0.29, 0.717) is 24.3 Å². The van der Waals surface area contributed by atoms with E-state index in [1.165, 1.54) is 16.5 Å². The van der Waals surface area contributed by atoms with Gasteiger partial charge in [-0.15, -0.1) is 0 Å². The molecule has 0 bridgehead atoms. The van der Waals surface area contributed by atoms with Crippen molar-refractivity contribution < 1.29 is 47.4 Å². The highest BCUT2D eigenvalue weighted by Crippen LogP contribution is 2.55. The summed E-state index contributed by atoms with van der Waals surface area (Å²) in [6.45, 7) is 17.2. The number of hydrogen-bond donors (Lipinski definition) is 3. The number of unbranched alkanes of at least 4 members (excludes halogenated alkanes) is 4. The number of ether oxygens (including phenoxy) is 2. The van der Waals surface area contributed by atoms with E-state index in [0.717, 1.165) is 51.6 Å². The summed E-state index contributed by atoms with van der Waals surface area (Å²) in [7, 11) is -4.18. The largest absolute Gasteiger partial charge is 0.531 e. The number of aliphatic hydroxyl groups is 1. The second-order valence-corrected chi connectivity index (χ2v) is 17.7. The predicted molar refractivity (Wildman–Crippen MR) is 207 cm³/mol. The first-order valence-electron chi connectivity index (χ1n) is 18.7. The molecule has 53 heavy (non-hydrogen) atoms. The SMILES string of the molecule is CC(C)(C)OC(=O)N(CCCCCCOCCCCc1ccccc1)CC(O)c1ccc(OP(=O)(OC(C)(C)C)OC(C)(C)C)c(CNCC(=O)O)c1. The molecule has 2 aromatic rings. The van der Waals surface area contributed by atoms with Gasteiger partial charge in [0.1, 0.15) is 11.4 Å². The van der Waals surface area contributed by atoms with E-state index in [-0.39, 0.29) is 25.4 Å². The van der Waals surface area contributed by atoms with Gasteiger partial charge in [-0.05, 0) is 118 Å². The normalized spacial score (nSPS) is 13.1. The standard InChI is InChI=1S/C40H65N2O10P/c1-38(2,3)49-37(46)42(24-16-10-11-17-25-48-26-18-15-21-31-19-13-12-14-20-31)30-34(43)32-22-23-35(33(27-32)28-41-29-36(44)45)50-53(47,51-39(4,5)6)52-40(7,8)9/h12-14,19-20,22-23,27,34,41,43H,10-11,15-18,21,24-26,28-30H2,1-9H3,(H,44,45). The summed E-state index contributed by atoms with van der Waals surface area (Å²) < 4.78 is 42.9. The van der Waals surface area contributed by atoms with Crippen LogP contribution < -0.4 is 9.84 Å². The first-order chi connectivity index (χ1) is 24.6. The van der Waals surface area contributed by atoms with Crippen LogP contribution in [0.3, 0.4) is 0 Å². The Morgan fingerprint density at radius 3 is 2.00 bits per heavy atom. The van der Waals surface area contributed by atoms with Gasteiger partial charge in [-0.3, -0.25) is 13.8 Å². The van der Waals surface area contributed by atoms with Crippen molar-refractivity contribution in [1.82, 2.24) is 10.2 Å². The van der Waals surface area contributed by atoms with E-state index >= 15 is 0 Å². The molecule has 2 rings (SSSR count). The van der Waals surface area contributed by atoms with Gasteiger partial charge in [-0.1, -0.05) is 49.2 Å². The van der Waals surface area contributed by atoms with Crippen molar-refractivity contribution in [3.8, 4) is 5.75 Å². The average Bonchev–Trinajstić information content (AvgIpc) is 3.01. The third-order valence-corrected chi connectivity index (χ3v) is 9.36. The summed E-state index contributed by atoms with van der Waals surface area (Å²) in [6, 6.07) is 15.2. The van der Waals surface area contributed by atoms with Crippen LogP contribution in [-0.4, -0.2) is 76.8 Å². The fourth-order valence-electron chi connectivity index (χ4n) is 5.22. The number of aryl methyl sites for hydroxylation is 1. The van der Waals surface area contributed by atoms with Gasteiger partial charge >= 0.3 is 19.9 Å². The fourth-order valence-corrected chi connectivity index (χ4v) is 7.10. The number of phosphoric ester groups is 1. The van der Waals surface area contributed by atoms with Gasteiger partial charge in [-0.25, -0.2) is 9.36 Å². The minimum Gasteiger partial charge on any atom is -0.480 e. The molecule has 0 aromatic heterocycles. The summed E-state index contributed by atoms with van der Waals surface area (Å²) >= 11 is 0. The number of aliphatic carboxylic acids is 1. The van der Waals surface area contributed by atoms with Crippen LogP contribution in [0.1, 0.15) is 124 Å². The van der Waals surface area contributed by atoms with Crippen molar-refractivity contribution in [1.29, 1.82) is 0 Å². The molecule has 0 aliphatic carbocycles. The molecule has 0 fully saturated rings. The minimum absolute atomic E-state index is 0.0143. The zero-order valence-corrected chi connectivity index (χ0v) is 34.3. The molecule has 0 spiro atoms. The Bertz CT molecular complexity index is 1410. The number of nitrogens with zero attached hydrogens (tertiary/aromatic N) is 1. The molecule has 300 valence electrons. The van der Waals surface area contributed by atoms with Crippen molar-refractivity contribution in [3.05, 3.63) is 65.2 Å². The minimum atomic E-state index is -4.18. The zero-order chi connectivity index (χ0) is 39.7. The zero-order valence-electron chi connectivity index (χ0n) is 33.4. The number of carbonyl (C=O) groups is 2. The number of rotatable bonds is 23. The lowest BCUT2D eigenvalue weighted by Gasteiger charge is -2.31. The Labute approximate surface area is 317 Å². The molecule has 1 amide bonds. The second-order valence-electron chi connectivity index (χ2n) is 16.2. The van der Waals surface area contributed by atoms with Crippen LogP contribution >= 0.6 is 7.82 Å². The molecule has 0 radical (unpaired) electrons. The molecule has 1 atom stereocenters. The second kappa shape index (κ2) is 21.8. The van der Waals surface area contributed by atoms with Crippen molar-refractivity contribution >= 4 is 19.9 Å². The topological polar surface area (TPSA) is 153 Å². The smallest absolute Gasteiger partial charge is 0.480 e. The summed E-state index contributed by atoms with van der Waals surface area (Å²) in [5.74, 6) is -0.924. The monoisotopic (exact) mass is 764 g/mol. The average molecular weight is 765 g/mol. The highest BCUT2D eigenvalue weighted by Gasteiger charge is 2.39. The number of carbonyl (C=O) groups excluding carboxylic acids is 1. The van der Waals surface area contributed by atoms with Gasteiger partial charge < -0.3 is 34.4 Å². The predicted octanol–water partition coefficient (Wildman–Crippen LogP) is 8.85. The van der Waals surface area contributed by atoms with Gasteiger partial charge in [-0.2, -0.15) is 0 Å². The highest BCUT2D eigenvalue weighted by atomic mass is 31.2. The number of amides is 1. The highest BCUT2D eigenvalue weighted by molar-refractivity contribution is 7.49. The third kappa shape index (κ3) is 20.9. The van der Waals surface area contributed by atoms with Gasteiger partial charge in [0.25, 0.3) is 0 Å². The van der Waals surface area contributed by atoms with E-state index in [2.05, 4.69) is 29.6 Å². The van der Waals surface area contributed by atoms with E-state index < -0.39 is 42.8 Å². The fraction of sp³-hybridized carbons (Fsp3) is 0.650. The molecule has 0 aliphatic rings. The molecular formula is C40H65N2O10P. The van der Waals surface area contributed by atoms with Crippen molar-refractivity contribution in [2.75, 3.05) is 32.8 Å². The van der Waals surface area contributed by atoms with Crippen LogP contribution in [0.5, 0.6) is 5.75 Å². The molecule has 0 aliphatic heterocycles. The van der Waals surface area contributed by atoms with Crippen molar-refractivity contribution in [2.24, 2.45) is 0 Å². The number of carboxylic acid groups (broad SMARTS) is 1. The summed E-state index contributed by atoms with van der Waals surface area (Å²) in [5.41, 5.74) is -0.262. The first kappa shape index (κ1) is 46.2. The third-order valence-electron chi connectivity index (χ3n) is 7.40. The van der Waals surface area contributed by atoms with E-state index in [9.17, 15) is 24.4 Å². The van der Waals surface area contributed by atoms with Crippen LogP contribution in [-0.2, 0) is 40.8 Å². The number of nitrogens with one attached hydrogen (secondary N) is 1. The number of aliphatic hydroxyl groups excluding tert-OH is 1. The number of carboxylic acids is 1. The molecule has 0 heterocycles. The Hall–Kier alpha value is -2.99. The quantitative estimate of drug-likeness (QED) is 0.0735. The van der Waals surface area contributed by atoms with E-state index in [1.54, 1.807) is 74.4 Å². The van der Waals surface area contributed by atoms with E-state index in [1.807, 2.05) is 6.07 Å². The van der Waals surface area contributed by atoms with Gasteiger partial charge in [0.05, 0.1) is 30.4 Å². The van der Waals surface area contributed by atoms with Gasteiger partial charge in [0.2, 0.25) is 0 Å². The Kier molecular flexibility index (Phi) is 19.0. The molecule has 13 heteroatoms. The van der Waals surface area contributed by atoms with Crippen LogP contribution in [0, 0.1) is 0 Å². The summed E-state index contributed by atoms with van der Waals surface area (Å²) in [4.78, 5) is 26.0. The van der Waals surface area contributed by atoms with Crippen molar-refractivity contribution in [3.63, 3.8) is 0 Å². The lowest BCUT2D eigenvalue weighted by atomic mass is 10.0. The molecule has 3 N–H and O–H groups in total. The maximum atomic E-state index is 13.9. The number of hydrogen-bond acceptors (Lipinski definition) is 10. The molecule has 1 unspecified atom stereocenters. The molecule has 2 aromatic carbocycles. The number of benzene rings is 2. The summed E-state index contributed by atoms with van der Waals surface area (Å²) in [5, 5.41) is 23.4. The number of phosphoric acid groups is 1. The molecular weight excluding hydrogens is 699 g/mol. The van der Waals surface area contributed by atoms with Gasteiger partial charge in [0, 0.05) is 31.9 Å². The van der Waals surface area contributed by atoms with Crippen LogP contribution in [0.4, 0.5) is 4.79 Å². The Morgan fingerprint density at radius 1 is 0.811 bits per heavy atom. The lowest BCUT2D eigenvalue weighted by molar-refractivity contribution is -0.136. The maximum absolute atomic E-state index is 13.9. The Morgan fingerprint density at radius 2 is 1.42 bits per heavy atom. The summed E-state index contributed by atoms with van der Waals surface area (Å²) in [6.07, 6.45) is 5.00. The Balaban J connectivity index is 2.07. The van der Waals surface area contributed by atoms with Crippen LogP contribution in [0.2, 0.25) is 0 Å². The van der Waals surface area contributed by atoms with E-state index in [4.69, 9.17) is 23.0 Å². The van der Waals surface area contributed by atoms with Crippen LogP contribution in [0.25, 0.3) is 0 Å². The molecule has 0 saturated heterocycles. The lowest BCUT2D eigenvalue weighted by Crippen LogP contribution is -2.39. The van der Waals surface area contributed by atoms with Crippen molar-refractivity contribution in [2.45, 2.75) is 137 Å².